The van der Waals surface area contributed by atoms with Gasteiger partial charge in [0.25, 0.3) is 0 Å². The number of rotatable bonds is 4. The van der Waals surface area contributed by atoms with Gasteiger partial charge >= 0.3 is 0 Å². The molecule has 2 fully saturated rings. The van der Waals surface area contributed by atoms with Gasteiger partial charge in [-0.25, -0.2) is 4.39 Å². The van der Waals surface area contributed by atoms with Crippen molar-refractivity contribution in [1.29, 1.82) is 0 Å². The summed E-state index contributed by atoms with van der Waals surface area (Å²) in [5.41, 5.74) is 1.88. The molecule has 0 aromatic heterocycles. The topological polar surface area (TPSA) is 18.5 Å². The number of hydrogen-bond acceptors (Lipinski definition) is 3. The highest BCUT2D eigenvalue weighted by Crippen LogP contribution is 2.32. The SMILES string of the molecule is CNC(C)c1c(F)cccc1N1CCC(N2CCCC2)C1. The molecule has 4 heteroatoms. The Morgan fingerprint density at radius 1 is 1.24 bits per heavy atom. The van der Waals surface area contributed by atoms with E-state index in [-0.39, 0.29) is 11.9 Å². The fourth-order valence-electron chi connectivity index (χ4n) is 3.74. The molecule has 2 unspecified atom stereocenters. The zero-order valence-corrected chi connectivity index (χ0v) is 13.1. The molecule has 0 amide bonds. The lowest BCUT2D eigenvalue weighted by molar-refractivity contribution is 0.260. The molecule has 0 bridgehead atoms. The van der Waals surface area contributed by atoms with Gasteiger partial charge in [-0.1, -0.05) is 6.07 Å². The summed E-state index contributed by atoms with van der Waals surface area (Å²) in [4.78, 5) is 4.98. The quantitative estimate of drug-likeness (QED) is 0.920. The second-order valence-electron chi connectivity index (χ2n) is 6.31. The molecule has 2 atom stereocenters. The van der Waals surface area contributed by atoms with Crippen LogP contribution in [0.5, 0.6) is 0 Å². The van der Waals surface area contributed by atoms with Gasteiger partial charge in [0.1, 0.15) is 5.82 Å². The van der Waals surface area contributed by atoms with Gasteiger partial charge in [0.05, 0.1) is 0 Å². The predicted molar refractivity (Wildman–Crippen MR) is 85.3 cm³/mol. The molecule has 1 aromatic rings. The van der Waals surface area contributed by atoms with Crippen LogP contribution >= 0.6 is 0 Å². The first-order valence-corrected chi connectivity index (χ1v) is 8.15. The molecule has 3 nitrogen and oxygen atoms in total. The van der Waals surface area contributed by atoms with Gasteiger partial charge in [0.15, 0.2) is 0 Å². The summed E-state index contributed by atoms with van der Waals surface area (Å²) in [5, 5.41) is 3.18. The largest absolute Gasteiger partial charge is 0.370 e. The molecule has 2 aliphatic rings. The first-order valence-electron chi connectivity index (χ1n) is 8.15. The smallest absolute Gasteiger partial charge is 0.130 e. The number of hydrogen-bond donors (Lipinski definition) is 1. The lowest BCUT2D eigenvalue weighted by Gasteiger charge is -2.27. The van der Waals surface area contributed by atoms with Crippen molar-refractivity contribution in [2.75, 3.05) is 38.1 Å². The summed E-state index contributed by atoms with van der Waals surface area (Å²) >= 11 is 0. The Kier molecular flexibility index (Phi) is 4.45. The van der Waals surface area contributed by atoms with Gasteiger partial charge in [-0.05, 0) is 58.5 Å². The third kappa shape index (κ3) is 2.92. The molecule has 1 N–H and O–H groups in total. The van der Waals surface area contributed by atoms with Crippen LogP contribution in [0, 0.1) is 5.82 Å². The van der Waals surface area contributed by atoms with Gasteiger partial charge in [-0.3, -0.25) is 4.90 Å². The first kappa shape index (κ1) is 14.8. The molecule has 21 heavy (non-hydrogen) atoms. The van der Waals surface area contributed by atoms with Crippen LogP contribution in [-0.4, -0.2) is 44.2 Å². The van der Waals surface area contributed by atoms with Crippen LogP contribution in [0.25, 0.3) is 0 Å². The highest BCUT2D eigenvalue weighted by Gasteiger charge is 2.31. The van der Waals surface area contributed by atoms with Crippen LogP contribution < -0.4 is 10.2 Å². The van der Waals surface area contributed by atoms with E-state index in [1.807, 2.05) is 20.0 Å². The van der Waals surface area contributed by atoms with Crippen molar-refractivity contribution in [3.63, 3.8) is 0 Å². The first-order chi connectivity index (χ1) is 10.2. The molecule has 0 radical (unpaired) electrons. The Labute approximate surface area is 127 Å². The maximum Gasteiger partial charge on any atom is 0.130 e. The van der Waals surface area contributed by atoms with E-state index in [2.05, 4.69) is 21.2 Å². The minimum atomic E-state index is -0.0982. The van der Waals surface area contributed by atoms with Gasteiger partial charge < -0.3 is 10.2 Å². The van der Waals surface area contributed by atoms with E-state index in [4.69, 9.17) is 0 Å². The van der Waals surface area contributed by atoms with Crippen molar-refractivity contribution in [3.8, 4) is 0 Å². The van der Waals surface area contributed by atoms with Gasteiger partial charge in [0, 0.05) is 36.4 Å². The lowest BCUT2D eigenvalue weighted by atomic mass is 10.0. The Morgan fingerprint density at radius 3 is 2.71 bits per heavy atom. The molecule has 116 valence electrons. The molecular weight excluding hydrogens is 265 g/mol. The molecule has 3 rings (SSSR count). The van der Waals surface area contributed by atoms with Crippen LogP contribution in [0.15, 0.2) is 18.2 Å². The van der Waals surface area contributed by atoms with E-state index in [0.29, 0.717) is 6.04 Å². The third-order valence-electron chi connectivity index (χ3n) is 5.06. The van der Waals surface area contributed by atoms with Gasteiger partial charge in [-0.15, -0.1) is 0 Å². The van der Waals surface area contributed by atoms with Crippen molar-refractivity contribution < 1.29 is 4.39 Å². The Morgan fingerprint density at radius 2 is 2.00 bits per heavy atom. The van der Waals surface area contributed by atoms with E-state index in [9.17, 15) is 4.39 Å². The van der Waals surface area contributed by atoms with Crippen molar-refractivity contribution in [1.82, 2.24) is 10.2 Å². The fourth-order valence-corrected chi connectivity index (χ4v) is 3.74. The number of likely N-dealkylation sites (tertiary alicyclic amines) is 1. The van der Waals surface area contributed by atoms with Crippen molar-refractivity contribution in [2.24, 2.45) is 0 Å². The Bertz CT molecular complexity index is 485. The predicted octanol–water partition coefficient (Wildman–Crippen LogP) is 2.78. The van der Waals surface area contributed by atoms with E-state index in [1.54, 1.807) is 6.07 Å². The van der Waals surface area contributed by atoms with Crippen LogP contribution in [0.4, 0.5) is 10.1 Å². The summed E-state index contributed by atoms with van der Waals surface area (Å²) in [5.74, 6) is -0.0982. The Balaban J connectivity index is 1.79. The fraction of sp³-hybridized carbons (Fsp3) is 0.647. The van der Waals surface area contributed by atoms with Crippen molar-refractivity contribution >= 4 is 5.69 Å². The summed E-state index contributed by atoms with van der Waals surface area (Å²) in [6.07, 6.45) is 3.86. The number of nitrogens with zero attached hydrogens (tertiary/aromatic N) is 2. The normalized spacial score (nSPS) is 24.7. The highest BCUT2D eigenvalue weighted by atomic mass is 19.1. The Hall–Kier alpha value is -1.13. The zero-order valence-electron chi connectivity index (χ0n) is 13.1. The number of nitrogens with one attached hydrogen (secondary N) is 1. The van der Waals surface area contributed by atoms with Crippen LogP contribution in [-0.2, 0) is 0 Å². The summed E-state index contributed by atoms with van der Waals surface area (Å²) in [7, 11) is 1.89. The molecule has 0 saturated carbocycles. The number of anilines is 1. The van der Waals surface area contributed by atoms with E-state index in [0.717, 1.165) is 24.3 Å². The molecule has 0 spiro atoms. The maximum absolute atomic E-state index is 14.3. The minimum absolute atomic E-state index is 0.0343. The average molecular weight is 291 g/mol. The second kappa shape index (κ2) is 6.32. The van der Waals surface area contributed by atoms with Gasteiger partial charge in [0.2, 0.25) is 0 Å². The second-order valence-corrected chi connectivity index (χ2v) is 6.31. The zero-order chi connectivity index (χ0) is 14.8. The lowest BCUT2D eigenvalue weighted by Crippen LogP contribution is -2.35. The summed E-state index contributed by atoms with van der Waals surface area (Å²) in [6, 6.07) is 6.15. The molecule has 2 aliphatic heterocycles. The third-order valence-corrected chi connectivity index (χ3v) is 5.06. The molecular formula is C17H26FN3. The van der Waals surface area contributed by atoms with E-state index in [1.165, 1.54) is 32.4 Å². The molecule has 2 heterocycles. The minimum Gasteiger partial charge on any atom is -0.370 e. The molecule has 2 saturated heterocycles. The van der Waals surface area contributed by atoms with Crippen molar-refractivity contribution in [3.05, 3.63) is 29.6 Å². The van der Waals surface area contributed by atoms with Crippen molar-refractivity contribution in [2.45, 2.75) is 38.3 Å². The van der Waals surface area contributed by atoms with Crippen LogP contribution in [0.3, 0.4) is 0 Å². The number of benzene rings is 1. The number of halogens is 1. The molecule has 1 aromatic carbocycles. The maximum atomic E-state index is 14.3. The van der Waals surface area contributed by atoms with Crippen LogP contribution in [0.2, 0.25) is 0 Å². The molecule has 0 aliphatic carbocycles. The summed E-state index contributed by atoms with van der Waals surface area (Å²) < 4.78 is 14.3. The van der Waals surface area contributed by atoms with E-state index < -0.39 is 0 Å². The van der Waals surface area contributed by atoms with Gasteiger partial charge in [-0.2, -0.15) is 0 Å². The average Bonchev–Trinajstić information content (AvgIpc) is 3.16. The summed E-state index contributed by atoms with van der Waals surface area (Å²) in [6.45, 7) is 6.57. The van der Waals surface area contributed by atoms with Crippen LogP contribution in [0.1, 0.15) is 37.8 Å². The monoisotopic (exact) mass is 291 g/mol. The highest BCUT2D eigenvalue weighted by molar-refractivity contribution is 5.56. The van der Waals surface area contributed by atoms with E-state index >= 15 is 0 Å². The standard InChI is InChI=1S/C17H26FN3/c1-13(19-2)17-15(18)6-5-7-16(17)21-11-8-14(12-21)20-9-3-4-10-20/h5-7,13-14,19H,3-4,8-12H2,1-2H3.